The number of benzene rings is 2. The summed E-state index contributed by atoms with van der Waals surface area (Å²) in [6, 6.07) is 11.7. The maximum Gasteiger partial charge on any atom is 0.265 e. The zero-order chi connectivity index (χ0) is 21.7. The van der Waals surface area contributed by atoms with E-state index in [0.717, 1.165) is 16.9 Å². The second-order valence-electron chi connectivity index (χ2n) is 6.94. The molecule has 7 heteroatoms. The Bertz CT molecular complexity index is 987. The van der Waals surface area contributed by atoms with Crippen LogP contribution in [-0.2, 0) is 4.79 Å². The Balaban J connectivity index is 1.65. The number of amides is 1. The lowest BCUT2D eigenvalue weighted by atomic mass is 10.1. The molecule has 2 aromatic carbocycles. The predicted molar refractivity (Wildman–Crippen MR) is 125 cm³/mol. The normalized spacial score (nSPS) is 15.1. The van der Waals surface area contributed by atoms with E-state index in [1.807, 2.05) is 37.3 Å². The summed E-state index contributed by atoms with van der Waals surface area (Å²) < 4.78 is 17.9. The number of nitrogens with zero attached hydrogens (tertiary/aromatic N) is 1. The average molecular weight is 444 g/mol. The van der Waals surface area contributed by atoms with Crippen LogP contribution in [-0.4, -0.2) is 42.5 Å². The third-order valence-electron chi connectivity index (χ3n) is 4.63. The molecule has 2 aromatic rings. The fourth-order valence-corrected chi connectivity index (χ4v) is 4.20. The van der Waals surface area contributed by atoms with Crippen LogP contribution in [0, 0.1) is 13.8 Å². The van der Waals surface area contributed by atoms with E-state index in [0.29, 0.717) is 40.4 Å². The molecule has 0 spiro atoms. The Labute approximate surface area is 187 Å². The molecule has 0 unspecified atom stereocenters. The van der Waals surface area contributed by atoms with Gasteiger partial charge in [0.15, 0.2) is 11.5 Å². The number of carbonyl (C=O) groups excluding carboxylic acids is 1. The van der Waals surface area contributed by atoms with Gasteiger partial charge in [0, 0.05) is 19.0 Å². The summed E-state index contributed by atoms with van der Waals surface area (Å²) in [5.74, 6) is 2.00. The van der Waals surface area contributed by atoms with Crippen LogP contribution in [0.25, 0.3) is 6.08 Å². The van der Waals surface area contributed by atoms with Crippen LogP contribution in [0.5, 0.6) is 17.2 Å². The van der Waals surface area contributed by atoms with Gasteiger partial charge in [0.2, 0.25) is 0 Å². The number of carbonyl (C=O) groups is 1. The summed E-state index contributed by atoms with van der Waals surface area (Å²) >= 11 is 6.49. The molecule has 1 aliphatic heterocycles. The minimum Gasteiger partial charge on any atom is -0.493 e. The highest BCUT2D eigenvalue weighted by Crippen LogP contribution is 2.37. The van der Waals surface area contributed by atoms with Gasteiger partial charge in [-0.1, -0.05) is 53.8 Å². The van der Waals surface area contributed by atoms with Crippen LogP contribution >= 0.6 is 24.0 Å². The summed E-state index contributed by atoms with van der Waals surface area (Å²) in [4.78, 5) is 14.4. The van der Waals surface area contributed by atoms with Crippen molar-refractivity contribution in [1.29, 1.82) is 0 Å². The number of para-hydroxylation sites is 1. The predicted octanol–water partition coefficient (Wildman–Crippen LogP) is 4.99. The zero-order valence-electron chi connectivity index (χ0n) is 17.6. The van der Waals surface area contributed by atoms with Gasteiger partial charge in [-0.3, -0.25) is 9.69 Å². The molecule has 0 aliphatic carbocycles. The number of likely N-dealkylation sites (N-methyl/N-ethyl adjacent to an activating group) is 1. The molecular formula is C23H25NO4S2. The van der Waals surface area contributed by atoms with Crippen LogP contribution in [0.3, 0.4) is 0 Å². The molecule has 1 amide bonds. The number of aryl methyl sites for hydroxylation is 2. The maximum atomic E-state index is 12.3. The Morgan fingerprint density at radius 1 is 1.10 bits per heavy atom. The van der Waals surface area contributed by atoms with Crippen molar-refractivity contribution >= 4 is 40.3 Å². The Morgan fingerprint density at radius 3 is 2.53 bits per heavy atom. The molecule has 0 aromatic heterocycles. The molecule has 0 radical (unpaired) electrons. The van der Waals surface area contributed by atoms with Crippen molar-refractivity contribution in [2.24, 2.45) is 0 Å². The standard InChI is InChI=1S/C23H25NO4S2/c1-15-9-10-18(16(2)13-15)27-11-6-12-28-21-17(7-5-8-19(21)26-4)14-20-22(25)24(3)23(29)30-20/h5,7-10,13-14H,6,11-12H2,1-4H3. The van der Waals surface area contributed by atoms with Gasteiger partial charge >= 0.3 is 0 Å². The summed E-state index contributed by atoms with van der Waals surface area (Å²) in [6.07, 6.45) is 2.51. The van der Waals surface area contributed by atoms with Crippen LogP contribution in [0.15, 0.2) is 41.3 Å². The first-order valence-corrected chi connectivity index (χ1v) is 10.8. The summed E-state index contributed by atoms with van der Waals surface area (Å²) in [5.41, 5.74) is 3.11. The van der Waals surface area contributed by atoms with Gasteiger partial charge in [0.1, 0.15) is 10.1 Å². The number of rotatable bonds is 8. The van der Waals surface area contributed by atoms with Crippen LogP contribution in [0.4, 0.5) is 0 Å². The molecule has 1 fully saturated rings. The Morgan fingerprint density at radius 2 is 1.87 bits per heavy atom. The van der Waals surface area contributed by atoms with Crippen molar-refractivity contribution in [2.45, 2.75) is 20.3 Å². The first-order valence-electron chi connectivity index (χ1n) is 9.62. The molecule has 158 valence electrons. The van der Waals surface area contributed by atoms with Crippen molar-refractivity contribution in [3.8, 4) is 17.2 Å². The highest BCUT2D eigenvalue weighted by molar-refractivity contribution is 8.26. The molecule has 1 heterocycles. The average Bonchev–Trinajstić information content (AvgIpc) is 2.96. The number of hydrogen-bond donors (Lipinski definition) is 0. The first-order chi connectivity index (χ1) is 14.4. The lowest BCUT2D eigenvalue weighted by molar-refractivity contribution is -0.121. The summed E-state index contributed by atoms with van der Waals surface area (Å²) in [7, 11) is 3.28. The largest absolute Gasteiger partial charge is 0.493 e. The van der Waals surface area contributed by atoms with Crippen LogP contribution in [0.1, 0.15) is 23.1 Å². The van der Waals surface area contributed by atoms with Gasteiger partial charge in [0.05, 0.1) is 25.2 Å². The van der Waals surface area contributed by atoms with E-state index in [2.05, 4.69) is 13.0 Å². The number of hydrogen-bond acceptors (Lipinski definition) is 6. The van der Waals surface area contributed by atoms with E-state index < -0.39 is 0 Å². The molecule has 0 saturated carbocycles. The summed E-state index contributed by atoms with van der Waals surface area (Å²) in [6.45, 7) is 5.11. The Hall–Kier alpha value is -2.51. The van der Waals surface area contributed by atoms with Crippen molar-refractivity contribution in [2.75, 3.05) is 27.4 Å². The van der Waals surface area contributed by atoms with Gasteiger partial charge in [-0.05, 0) is 37.6 Å². The lowest BCUT2D eigenvalue weighted by Crippen LogP contribution is -2.22. The molecule has 5 nitrogen and oxygen atoms in total. The van der Waals surface area contributed by atoms with Crippen molar-refractivity contribution < 1.29 is 19.0 Å². The Kier molecular flexibility index (Phi) is 7.39. The zero-order valence-corrected chi connectivity index (χ0v) is 19.2. The molecule has 3 rings (SSSR count). The summed E-state index contributed by atoms with van der Waals surface area (Å²) in [5, 5.41) is 0. The molecular weight excluding hydrogens is 418 g/mol. The second kappa shape index (κ2) is 10.00. The van der Waals surface area contributed by atoms with Gasteiger partial charge in [-0.15, -0.1) is 0 Å². The minimum atomic E-state index is -0.111. The van der Waals surface area contributed by atoms with E-state index in [1.165, 1.54) is 22.2 Å². The molecule has 1 aliphatic rings. The first kappa shape index (κ1) is 22.2. The van der Waals surface area contributed by atoms with E-state index in [-0.39, 0.29) is 5.91 Å². The third kappa shape index (κ3) is 5.15. The molecule has 0 N–H and O–H groups in total. The lowest BCUT2D eigenvalue weighted by Gasteiger charge is -2.14. The van der Waals surface area contributed by atoms with Crippen molar-refractivity contribution in [1.82, 2.24) is 4.90 Å². The topological polar surface area (TPSA) is 48.0 Å². The van der Waals surface area contributed by atoms with E-state index in [1.54, 1.807) is 20.2 Å². The smallest absolute Gasteiger partial charge is 0.265 e. The molecule has 30 heavy (non-hydrogen) atoms. The van der Waals surface area contributed by atoms with Gasteiger partial charge in [-0.25, -0.2) is 0 Å². The molecule has 0 bridgehead atoms. The fraction of sp³-hybridized carbons (Fsp3) is 0.304. The SMILES string of the molecule is COc1cccc(C=C2SC(=S)N(C)C2=O)c1OCCCOc1ccc(C)cc1C. The highest BCUT2D eigenvalue weighted by atomic mass is 32.2. The van der Waals surface area contributed by atoms with Crippen LogP contribution in [0.2, 0.25) is 0 Å². The minimum absolute atomic E-state index is 0.111. The molecule has 0 atom stereocenters. The maximum absolute atomic E-state index is 12.3. The third-order valence-corrected chi connectivity index (χ3v) is 6.11. The number of ether oxygens (including phenoxy) is 3. The van der Waals surface area contributed by atoms with Crippen molar-refractivity contribution in [3.05, 3.63) is 58.0 Å². The number of methoxy groups -OCH3 is 1. The van der Waals surface area contributed by atoms with Crippen molar-refractivity contribution in [3.63, 3.8) is 0 Å². The fourth-order valence-electron chi connectivity index (χ4n) is 3.03. The van der Waals surface area contributed by atoms with E-state index in [4.69, 9.17) is 26.4 Å². The highest BCUT2D eigenvalue weighted by Gasteiger charge is 2.29. The van der Waals surface area contributed by atoms with Gasteiger partial charge in [0.25, 0.3) is 5.91 Å². The molecule has 1 saturated heterocycles. The van der Waals surface area contributed by atoms with Gasteiger partial charge in [-0.2, -0.15) is 0 Å². The number of thiocarbonyl (C=S) groups is 1. The quantitative estimate of drug-likeness (QED) is 0.325. The van der Waals surface area contributed by atoms with E-state index in [9.17, 15) is 4.79 Å². The second-order valence-corrected chi connectivity index (χ2v) is 8.61. The van der Waals surface area contributed by atoms with Crippen LogP contribution < -0.4 is 14.2 Å². The van der Waals surface area contributed by atoms with E-state index >= 15 is 0 Å². The number of thioether (sulfide) groups is 1. The monoisotopic (exact) mass is 443 g/mol. The van der Waals surface area contributed by atoms with Gasteiger partial charge < -0.3 is 14.2 Å².